The third-order valence-corrected chi connectivity index (χ3v) is 6.15. The number of aryl methyl sites for hydroxylation is 1. The Bertz CT molecular complexity index is 748. The standard InChI is InChI=1S/C18H25N3OS.2ClH/c1-2-3-13-4-7-16-17(10-13)23-18(22)21(16)9-8-20-11-14-5-6-15(12-20)19-14;;/h4,7,10,14-15,19H,2-3,5-6,8-9,11-12H2,1H3;2*1H. The molecule has 2 aliphatic rings. The van der Waals surface area contributed by atoms with Crippen molar-refractivity contribution in [2.24, 2.45) is 0 Å². The van der Waals surface area contributed by atoms with Crippen molar-refractivity contribution in [3.8, 4) is 0 Å². The Balaban J connectivity index is 0.00000113. The van der Waals surface area contributed by atoms with Gasteiger partial charge in [-0.3, -0.25) is 14.3 Å². The number of aromatic nitrogens is 1. The summed E-state index contributed by atoms with van der Waals surface area (Å²) in [4.78, 5) is 15.1. The third kappa shape index (κ3) is 4.40. The Kier molecular flexibility index (Phi) is 7.35. The van der Waals surface area contributed by atoms with E-state index < -0.39 is 0 Å². The van der Waals surface area contributed by atoms with Gasteiger partial charge in [0.2, 0.25) is 0 Å². The van der Waals surface area contributed by atoms with E-state index in [9.17, 15) is 4.79 Å². The molecule has 140 valence electrons. The second-order valence-electron chi connectivity index (χ2n) is 6.97. The lowest BCUT2D eigenvalue weighted by atomic mass is 10.1. The van der Waals surface area contributed by atoms with Gasteiger partial charge in [0, 0.05) is 38.3 Å². The largest absolute Gasteiger partial charge is 0.309 e. The molecular formula is C18H27Cl2N3OS. The molecule has 2 aliphatic heterocycles. The zero-order valence-corrected chi connectivity index (χ0v) is 17.0. The number of fused-ring (bicyclic) bond motifs is 3. The maximum atomic E-state index is 12.4. The van der Waals surface area contributed by atoms with Crippen molar-refractivity contribution < 1.29 is 0 Å². The van der Waals surface area contributed by atoms with Crippen LogP contribution in [0.3, 0.4) is 0 Å². The van der Waals surface area contributed by atoms with Crippen LogP contribution in [0.1, 0.15) is 31.7 Å². The van der Waals surface area contributed by atoms with Crippen molar-refractivity contribution in [1.29, 1.82) is 0 Å². The van der Waals surface area contributed by atoms with Crippen LogP contribution >= 0.6 is 36.2 Å². The number of hydrogen-bond donors (Lipinski definition) is 1. The van der Waals surface area contributed by atoms with Gasteiger partial charge in [-0.15, -0.1) is 24.8 Å². The summed E-state index contributed by atoms with van der Waals surface area (Å²) in [6.07, 6.45) is 4.85. The second-order valence-corrected chi connectivity index (χ2v) is 7.96. The second kappa shape index (κ2) is 8.87. The first-order valence-electron chi connectivity index (χ1n) is 8.83. The molecule has 4 nitrogen and oxygen atoms in total. The number of hydrogen-bond acceptors (Lipinski definition) is 4. The number of likely N-dealkylation sites (tertiary alicyclic amines) is 1. The molecule has 1 aromatic carbocycles. The van der Waals surface area contributed by atoms with Crippen LogP contribution in [0.15, 0.2) is 23.0 Å². The zero-order valence-electron chi connectivity index (χ0n) is 14.6. The topological polar surface area (TPSA) is 37.3 Å². The quantitative estimate of drug-likeness (QED) is 0.831. The maximum Gasteiger partial charge on any atom is 0.308 e. The number of nitrogens with zero attached hydrogens (tertiary/aromatic N) is 2. The van der Waals surface area contributed by atoms with E-state index in [4.69, 9.17) is 0 Å². The molecule has 2 saturated heterocycles. The Morgan fingerprint density at radius 3 is 2.56 bits per heavy atom. The first kappa shape index (κ1) is 20.7. The van der Waals surface area contributed by atoms with E-state index in [-0.39, 0.29) is 29.7 Å². The zero-order chi connectivity index (χ0) is 15.8. The van der Waals surface area contributed by atoms with Crippen LogP contribution in [0.2, 0.25) is 0 Å². The van der Waals surface area contributed by atoms with E-state index in [0.29, 0.717) is 12.1 Å². The van der Waals surface area contributed by atoms with Gasteiger partial charge < -0.3 is 5.32 Å². The van der Waals surface area contributed by atoms with Crippen molar-refractivity contribution in [3.63, 3.8) is 0 Å². The van der Waals surface area contributed by atoms with Gasteiger partial charge in [-0.2, -0.15) is 0 Å². The van der Waals surface area contributed by atoms with Crippen molar-refractivity contribution in [3.05, 3.63) is 33.4 Å². The predicted molar refractivity (Wildman–Crippen MR) is 111 cm³/mol. The highest BCUT2D eigenvalue weighted by Crippen LogP contribution is 2.22. The van der Waals surface area contributed by atoms with Gasteiger partial charge in [0.05, 0.1) is 10.2 Å². The fourth-order valence-corrected chi connectivity index (χ4v) is 5.06. The summed E-state index contributed by atoms with van der Waals surface area (Å²) in [6.45, 7) is 6.25. The fourth-order valence-electron chi connectivity index (χ4n) is 4.08. The summed E-state index contributed by atoms with van der Waals surface area (Å²) in [6, 6.07) is 7.86. The number of thiazole rings is 1. The molecule has 2 unspecified atom stereocenters. The summed E-state index contributed by atoms with van der Waals surface area (Å²) in [7, 11) is 0. The predicted octanol–water partition coefficient (Wildman–Crippen LogP) is 3.30. The minimum Gasteiger partial charge on any atom is -0.309 e. The molecule has 0 amide bonds. The molecule has 0 spiro atoms. The van der Waals surface area contributed by atoms with Crippen molar-refractivity contribution in [2.45, 2.75) is 51.2 Å². The highest BCUT2D eigenvalue weighted by molar-refractivity contribution is 7.16. The summed E-state index contributed by atoms with van der Waals surface area (Å²) < 4.78 is 3.11. The van der Waals surface area contributed by atoms with Gasteiger partial charge in [0.25, 0.3) is 0 Å². The minimum atomic E-state index is 0. The Labute approximate surface area is 165 Å². The van der Waals surface area contributed by atoms with Gasteiger partial charge in [-0.1, -0.05) is 30.7 Å². The molecule has 7 heteroatoms. The molecule has 4 rings (SSSR count). The molecule has 25 heavy (non-hydrogen) atoms. The molecule has 1 aromatic heterocycles. The normalized spacial score (nSPS) is 22.6. The van der Waals surface area contributed by atoms with Crippen LogP contribution in [0.5, 0.6) is 0 Å². The summed E-state index contributed by atoms with van der Waals surface area (Å²) in [5, 5.41) is 3.66. The van der Waals surface area contributed by atoms with Crippen molar-refractivity contribution >= 4 is 46.4 Å². The lowest BCUT2D eigenvalue weighted by molar-refractivity contribution is 0.190. The van der Waals surface area contributed by atoms with E-state index in [1.54, 1.807) is 0 Å². The van der Waals surface area contributed by atoms with Crippen LogP contribution in [0.25, 0.3) is 10.2 Å². The molecule has 2 atom stereocenters. The van der Waals surface area contributed by atoms with Crippen LogP contribution in [-0.4, -0.2) is 41.2 Å². The molecule has 0 saturated carbocycles. The minimum absolute atomic E-state index is 0. The molecule has 0 radical (unpaired) electrons. The Morgan fingerprint density at radius 2 is 1.88 bits per heavy atom. The monoisotopic (exact) mass is 403 g/mol. The maximum absolute atomic E-state index is 12.4. The molecular weight excluding hydrogens is 377 g/mol. The van der Waals surface area contributed by atoms with Crippen LogP contribution < -0.4 is 10.2 Å². The molecule has 2 fully saturated rings. The molecule has 0 aliphatic carbocycles. The number of rotatable bonds is 5. The molecule has 2 aromatic rings. The summed E-state index contributed by atoms with van der Waals surface area (Å²) in [5.74, 6) is 0. The van der Waals surface area contributed by atoms with E-state index >= 15 is 0 Å². The smallest absolute Gasteiger partial charge is 0.308 e. The van der Waals surface area contributed by atoms with Gasteiger partial charge >= 0.3 is 4.87 Å². The van der Waals surface area contributed by atoms with Crippen LogP contribution in [-0.2, 0) is 13.0 Å². The fraction of sp³-hybridized carbons (Fsp3) is 0.611. The summed E-state index contributed by atoms with van der Waals surface area (Å²) >= 11 is 1.40. The van der Waals surface area contributed by atoms with E-state index in [1.807, 2.05) is 4.57 Å². The number of benzene rings is 1. The van der Waals surface area contributed by atoms with Crippen LogP contribution in [0.4, 0.5) is 0 Å². The lowest BCUT2D eigenvalue weighted by Gasteiger charge is -2.32. The summed E-state index contributed by atoms with van der Waals surface area (Å²) in [5.41, 5.74) is 2.45. The van der Waals surface area contributed by atoms with Crippen molar-refractivity contribution in [1.82, 2.24) is 14.8 Å². The van der Waals surface area contributed by atoms with E-state index in [1.165, 1.54) is 29.7 Å². The number of nitrogens with one attached hydrogen (secondary N) is 1. The molecule has 3 heterocycles. The molecule has 1 N–H and O–H groups in total. The third-order valence-electron chi connectivity index (χ3n) is 5.20. The van der Waals surface area contributed by atoms with Gasteiger partial charge in [0.1, 0.15) is 0 Å². The van der Waals surface area contributed by atoms with Gasteiger partial charge in [-0.25, -0.2) is 0 Å². The molecule has 2 bridgehead atoms. The Hall–Kier alpha value is -0.590. The van der Waals surface area contributed by atoms with E-state index in [0.717, 1.165) is 49.2 Å². The Morgan fingerprint density at radius 1 is 1.16 bits per heavy atom. The van der Waals surface area contributed by atoms with Gasteiger partial charge in [0.15, 0.2) is 0 Å². The SMILES string of the molecule is CCCc1ccc2c(c1)sc(=O)n2CCN1CC2CCC(C1)N2.Cl.Cl. The average Bonchev–Trinajstić information content (AvgIpc) is 3.04. The number of halogens is 2. The van der Waals surface area contributed by atoms with E-state index in [2.05, 4.69) is 35.3 Å². The lowest BCUT2D eigenvalue weighted by Crippen LogP contribution is -2.51. The first-order chi connectivity index (χ1) is 11.2. The van der Waals surface area contributed by atoms with Crippen LogP contribution in [0, 0.1) is 0 Å². The highest BCUT2D eigenvalue weighted by Gasteiger charge is 2.31. The number of piperazine rings is 1. The average molecular weight is 404 g/mol. The highest BCUT2D eigenvalue weighted by atomic mass is 35.5. The first-order valence-corrected chi connectivity index (χ1v) is 9.65. The van der Waals surface area contributed by atoms with Gasteiger partial charge in [-0.05, 0) is 37.0 Å². The van der Waals surface area contributed by atoms with Crippen molar-refractivity contribution in [2.75, 3.05) is 19.6 Å².